The van der Waals surface area contributed by atoms with E-state index in [1.807, 2.05) is 19.1 Å². The number of fused-ring (bicyclic) bond motifs is 1. The minimum atomic E-state index is -0.142. The van der Waals surface area contributed by atoms with Gasteiger partial charge in [-0.25, -0.2) is 0 Å². The zero-order valence-corrected chi connectivity index (χ0v) is 16.4. The molecule has 0 aromatic heterocycles. The van der Waals surface area contributed by atoms with E-state index in [0.29, 0.717) is 49.3 Å². The van der Waals surface area contributed by atoms with E-state index in [0.717, 1.165) is 13.0 Å². The van der Waals surface area contributed by atoms with Crippen molar-refractivity contribution in [2.75, 3.05) is 19.7 Å². The first kappa shape index (κ1) is 19.7. The number of hydrogen-bond acceptors (Lipinski definition) is 3. The largest absolute Gasteiger partial charge is 0.493 e. The molecule has 1 heterocycles. The number of amides is 2. The zero-order chi connectivity index (χ0) is 19.1. The molecule has 1 saturated heterocycles. The summed E-state index contributed by atoms with van der Waals surface area (Å²) in [5.41, 5.74) is 0.548. The molecule has 27 heavy (non-hydrogen) atoms. The molecule has 2 atom stereocenters. The summed E-state index contributed by atoms with van der Waals surface area (Å²) in [6.07, 6.45) is 8.62. The Morgan fingerprint density at radius 3 is 2.78 bits per heavy atom. The van der Waals surface area contributed by atoms with Gasteiger partial charge >= 0.3 is 0 Å². The average molecular weight is 373 g/mol. The highest BCUT2D eigenvalue weighted by atomic mass is 16.5. The molecule has 2 fully saturated rings. The topological polar surface area (TPSA) is 58.6 Å². The lowest BCUT2D eigenvalue weighted by atomic mass is 9.78. The Morgan fingerprint density at radius 1 is 1.15 bits per heavy atom. The van der Waals surface area contributed by atoms with E-state index in [9.17, 15) is 9.59 Å². The van der Waals surface area contributed by atoms with Gasteiger partial charge in [0.15, 0.2) is 0 Å². The standard InChI is InChI=1S/C22H32N2O3/c1-2-27-20-13-6-4-11-18(20)22(26)23-15-7-14-21(25)24-16-8-10-17-9-3-5-12-19(17)24/h4,6,11,13,17,19H,2-3,5,7-10,12,14-16H2,1H3,(H,23,26). The van der Waals surface area contributed by atoms with Crippen molar-refractivity contribution < 1.29 is 14.3 Å². The average Bonchev–Trinajstić information content (AvgIpc) is 2.71. The number of rotatable bonds is 7. The summed E-state index contributed by atoms with van der Waals surface area (Å²) in [4.78, 5) is 27.2. The van der Waals surface area contributed by atoms with Crippen LogP contribution in [0.4, 0.5) is 0 Å². The molecule has 1 aliphatic carbocycles. The molecule has 2 unspecified atom stereocenters. The highest BCUT2D eigenvalue weighted by Gasteiger charge is 2.35. The molecule has 0 radical (unpaired) electrons. The normalized spacial score (nSPS) is 22.0. The second kappa shape index (κ2) is 9.77. The van der Waals surface area contributed by atoms with Crippen molar-refractivity contribution in [1.82, 2.24) is 10.2 Å². The number of benzene rings is 1. The molecule has 3 rings (SSSR count). The van der Waals surface area contributed by atoms with Crippen molar-refractivity contribution in [3.63, 3.8) is 0 Å². The number of carbonyl (C=O) groups excluding carboxylic acids is 2. The van der Waals surface area contributed by atoms with E-state index in [1.54, 1.807) is 12.1 Å². The summed E-state index contributed by atoms with van der Waals surface area (Å²) >= 11 is 0. The van der Waals surface area contributed by atoms with E-state index >= 15 is 0 Å². The third-order valence-electron chi connectivity index (χ3n) is 5.85. The fourth-order valence-electron chi connectivity index (χ4n) is 4.55. The highest BCUT2D eigenvalue weighted by Crippen LogP contribution is 2.35. The van der Waals surface area contributed by atoms with Crippen LogP contribution in [0.2, 0.25) is 0 Å². The lowest BCUT2D eigenvalue weighted by Gasteiger charge is -2.44. The van der Waals surface area contributed by atoms with Gasteiger partial charge in [-0.3, -0.25) is 9.59 Å². The minimum Gasteiger partial charge on any atom is -0.493 e. The number of para-hydroxylation sites is 1. The minimum absolute atomic E-state index is 0.142. The summed E-state index contributed by atoms with van der Waals surface area (Å²) in [6, 6.07) is 7.73. The first-order valence-corrected chi connectivity index (χ1v) is 10.5. The molecule has 1 N–H and O–H groups in total. The van der Waals surface area contributed by atoms with Crippen molar-refractivity contribution >= 4 is 11.8 Å². The van der Waals surface area contributed by atoms with Crippen molar-refractivity contribution in [3.8, 4) is 5.75 Å². The Bertz CT molecular complexity index is 644. The Labute approximate surface area is 162 Å². The number of nitrogens with one attached hydrogen (secondary N) is 1. The van der Waals surface area contributed by atoms with Crippen LogP contribution >= 0.6 is 0 Å². The number of ether oxygens (including phenoxy) is 1. The Hall–Kier alpha value is -2.04. The number of nitrogens with zero attached hydrogens (tertiary/aromatic N) is 1. The molecular formula is C22H32N2O3. The molecule has 0 spiro atoms. The van der Waals surface area contributed by atoms with Gasteiger partial charge in [-0.1, -0.05) is 25.0 Å². The molecule has 2 aliphatic rings. The number of piperidine rings is 1. The quantitative estimate of drug-likeness (QED) is 0.741. The summed E-state index contributed by atoms with van der Waals surface area (Å²) in [5.74, 6) is 1.43. The van der Waals surface area contributed by atoms with Gasteiger partial charge in [-0.2, -0.15) is 0 Å². The van der Waals surface area contributed by atoms with Gasteiger partial charge in [0, 0.05) is 25.6 Å². The fourth-order valence-corrected chi connectivity index (χ4v) is 4.55. The van der Waals surface area contributed by atoms with Crippen LogP contribution < -0.4 is 10.1 Å². The molecule has 5 nitrogen and oxygen atoms in total. The monoisotopic (exact) mass is 372 g/mol. The lowest BCUT2D eigenvalue weighted by molar-refractivity contribution is -0.137. The highest BCUT2D eigenvalue weighted by molar-refractivity contribution is 5.96. The van der Waals surface area contributed by atoms with Gasteiger partial charge in [0.05, 0.1) is 12.2 Å². The summed E-state index contributed by atoms with van der Waals surface area (Å²) in [5, 5.41) is 2.92. The van der Waals surface area contributed by atoms with E-state index in [4.69, 9.17) is 4.74 Å². The van der Waals surface area contributed by atoms with Crippen LogP contribution in [-0.2, 0) is 4.79 Å². The van der Waals surface area contributed by atoms with Crippen LogP contribution in [0.3, 0.4) is 0 Å². The van der Waals surface area contributed by atoms with Crippen molar-refractivity contribution in [2.24, 2.45) is 5.92 Å². The van der Waals surface area contributed by atoms with E-state index < -0.39 is 0 Å². The molecule has 148 valence electrons. The Kier molecular flexibility index (Phi) is 7.13. The van der Waals surface area contributed by atoms with Crippen LogP contribution in [0.15, 0.2) is 24.3 Å². The van der Waals surface area contributed by atoms with Crippen LogP contribution in [0.5, 0.6) is 5.75 Å². The molecule has 1 aromatic rings. The molecule has 1 aromatic carbocycles. The van der Waals surface area contributed by atoms with Crippen LogP contribution in [0.25, 0.3) is 0 Å². The van der Waals surface area contributed by atoms with Gasteiger partial charge in [0.1, 0.15) is 5.75 Å². The maximum atomic E-state index is 12.7. The smallest absolute Gasteiger partial charge is 0.255 e. The maximum absolute atomic E-state index is 12.7. The molecule has 2 amide bonds. The molecule has 1 saturated carbocycles. The predicted octanol–water partition coefficient (Wildman–Crippen LogP) is 3.78. The van der Waals surface area contributed by atoms with E-state index in [1.165, 1.54) is 32.1 Å². The summed E-state index contributed by atoms with van der Waals surface area (Å²) < 4.78 is 5.51. The molecular weight excluding hydrogens is 340 g/mol. The Morgan fingerprint density at radius 2 is 1.93 bits per heavy atom. The van der Waals surface area contributed by atoms with Crippen molar-refractivity contribution in [3.05, 3.63) is 29.8 Å². The van der Waals surface area contributed by atoms with Crippen molar-refractivity contribution in [2.45, 2.75) is 64.3 Å². The van der Waals surface area contributed by atoms with E-state index in [-0.39, 0.29) is 11.8 Å². The Balaban J connectivity index is 1.44. The van der Waals surface area contributed by atoms with Crippen LogP contribution in [-0.4, -0.2) is 42.5 Å². The summed E-state index contributed by atoms with van der Waals surface area (Å²) in [7, 11) is 0. The molecule has 1 aliphatic heterocycles. The molecule has 5 heteroatoms. The zero-order valence-electron chi connectivity index (χ0n) is 16.4. The van der Waals surface area contributed by atoms with Gasteiger partial charge < -0.3 is 15.0 Å². The molecule has 0 bridgehead atoms. The number of likely N-dealkylation sites (tertiary alicyclic amines) is 1. The van der Waals surface area contributed by atoms with Crippen molar-refractivity contribution in [1.29, 1.82) is 0 Å². The van der Waals surface area contributed by atoms with Gasteiger partial charge in [0.2, 0.25) is 5.91 Å². The first-order valence-electron chi connectivity index (χ1n) is 10.5. The number of carbonyl (C=O) groups is 2. The van der Waals surface area contributed by atoms with E-state index in [2.05, 4.69) is 10.2 Å². The van der Waals surface area contributed by atoms with Gasteiger partial charge in [-0.15, -0.1) is 0 Å². The lowest BCUT2D eigenvalue weighted by Crippen LogP contribution is -2.49. The maximum Gasteiger partial charge on any atom is 0.255 e. The van der Waals surface area contributed by atoms with Crippen LogP contribution in [0, 0.1) is 5.92 Å². The predicted molar refractivity (Wildman–Crippen MR) is 106 cm³/mol. The summed E-state index contributed by atoms with van der Waals surface area (Å²) in [6.45, 7) is 3.84. The van der Waals surface area contributed by atoms with Crippen LogP contribution in [0.1, 0.15) is 68.6 Å². The second-order valence-electron chi connectivity index (χ2n) is 7.63. The van der Waals surface area contributed by atoms with Gasteiger partial charge in [0.25, 0.3) is 5.91 Å². The fraction of sp³-hybridized carbons (Fsp3) is 0.636. The number of hydrogen-bond donors (Lipinski definition) is 1. The SMILES string of the molecule is CCOc1ccccc1C(=O)NCCCC(=O)N1CCCC2CCCCC21. The van der Waals surface area contributed by atoms with Gasteiger partial charge in [-0.05, 0) is 57.1 Å². The first-order chi connectivity index (χ1) is 13.2. The third-order valence-corrected chi connectivity index (χ3v) is 5.85. The second-order valence-corrected chi connectivity index (χ2v) is 7.63. The third kappa shape index (κ3) is 5.02.